The van der Waals surface area contributed by atoms with Gasteiger partial charge in [-0.1, -0.05) is 24.3 Å². The second-order valence-corrected chi connectivity index (χ2v) is 7.87. The van der Waals surface area contributed by atoms with Gasteiger partial charge in [0.15, 0.2) is 17.2 Å². The maximum Gasteiger partial charge on any atom is 0.277 e. The minimum atomic E-state index is -0.339. The SMILES string of the molecule is CCn1ncc(-c2ccnc3cc(C(=O)Nc4ccn(Cc5ccccc5C)n4)nn23)c1C. The Labute approximate surface area is 190 Å². The van der Waals surface area contributed by atoms with Crippen LogP contribution in [0.15, 0.2) is 61.1 Å². The van der Waals surface area contributed by atoms with Crippen molar-refractivity contribution in [2.24, 2.45) is 0 Å². The van der Waals surface area contributed by atoms with Crippen LogP contribution < -0.4 is 5.32 Å². The number of carbonyl (C=O) groups excluding carboxylic acids is 1. The zero-order chi connectivity index (χ0) is 22.9. The molecular weight excluding hydrogens is 416 g/mol. The van der Waals surface area contributed by atoms with E-state index in [2.05, 4.69) is 44.7 Å². The molecule has 1 N–H and O–H groups in total. The van der Waals surface area contributed by atoms with E-state index >= 15 is 0 Å². The molecule has 0 unspecified atom stereocenters. The summed E-state index contributed by atoms with van der Waals surface area (Å²) in [5.74, 6) is 0.132. The van der Waals surface area contributed by atoms with E-state index in [-0.39, 0.29) is 11.6 Å². The summed E-state index contributed by atoms with van der Waals surface area (Å²) in [5.41, 5.74) is 6.06. The van der Waals surface area contributed by atoms with Crippen LogP contribution in [0.2, 0.25) is 0 Å². The topological polar surface area (TPSA) is 94.9 Å². The summed E-state index contributed by atoms with van der Waals surface area (Å²) >= 11 is 0. The minimum absolute atomic E-state index is 0.268. The molecule has 0 radical (unpaired) electrons. The quantitative estimate of drug-likeness (QED) is 0.434. The molecular formula is C24H24N8O. The van der Waals surface area contributed by atoms with Gasteiger partial charge in [-0.25, -0.2) is 9.50 Å². The van der Waals surface area contributed by atoms with Gasteiger partial charge in [-0.15, -0.1) is 0 Å². The summed E-state index contributed by atoms with van der Waals surface area (Å²) in [4.78, 5) is 17.3. The summed E-state index contributed by atoms with van der Waals surface area (Å²) in [6.45, 7) is 7.55. The molecule has 1 amide bonds. The molecule has 0 spiro atoms. The monoisotopic (exact) mass is 440 g/mol. The van der Waals surface area contributed by atoms with Crippen LogP contribution in [0.1, 0.15) is 34.2 Å². The van der Waals surface area contributed by atoms with Crippen LogP contribution in [0.3, 0.4) is 0 Å². The van der Waals surface area contributed by atoms with E-state index in [0.29, 0.717) is 18.0 Å². The molecule has 0 saturated carbocycles. The van der Waals surface area contributed by atoms with Crippen LogP contribution in [-0.2, 0) is 13.1 Å². The van der Waals surface area contributed by atoms with Gasteiger partial charge in [0.05, 0.1) is 18.4 Å². The van der Waals surface area contributed by atoms with Gasteiger partial charge in [0.25, 0.3) is 5.91 Å². The number of aromatic nitrogens is 7. The molecule has 0 saturated heterocycles. The molecule has 0 aliphatic heterocycles. The van der Waals surface area contributed by atoms with E-state index in [1.807, 2.05) is 49.1 Å². The molecule has 9 nitrogen and oxygen atoms in total. The van der Waals surface area contributed by atoms with Gasteiger partial charge >= 0.3 is 0 Å². The standard InChI is InChI=1S/C24H24N8O/c1-4-31-17(3)19(14-26-31)21-9-11-25-23-13-20(28-32(21)23)24(33)27-22-10-12-30(29-22)15-18-8-6-5-7-16(18)2/h5-14H,4,15H2,1-3H3,(H,27,29,33). The van der Waals surface area contributed by atoms with Crippen molar-refractivity contribution < 1.29 is 4.79 Å². The fourth-order valence-corrected chi connectivity index (χ4v) is 3.89. The fraction of sp³-hybridized carbons (Fsp3) is 0.208. The first-order valence-corrected chi connectivity index (χ1v) is 10.8. The molecule has 0 aliphatic carbocycles. The number of carbonyl (C=O) groups is 1. The largest absolute Gasteiger partial charge is 0.304 e. The molecule has 4 heterocycles. The lowest BCUT2D eigenvalue weighted by atomic mass is 10.1. The third-order valence-corrected chi connectivity index (χ3v) is 5.75. The third-order valence-electron chi connectivity index (χ3n) is 5.75. The number of hydrogen-bond acceptors (Lipinski definition) is 5. The van der Waals surface area contributed by atoms with E-state index in [1.54, 1.807) is 27.5 Å². The van der Waals surface area contributed by atoms with Crippen LogP contribution >= 0.6 is 0 Å². The molecule has 1 aromatic carbocycles. The van der Waals surface area contributed by atoms with Gasteiger partial charge in [0.1, 0.15) is 0 Å². The average Bonchev–Trinajstić information content (AvgIpc) is 3.53. The normalized spacial score (nSPS) is 11.2. The highest BCUT2D eigenvalue weighted by molar-refractivity contribution is 6.03. The zero-order valence-electron chi connectivity index (χ0n) is 18.7. The van der Waals surface area contributed by atoms with E-state index < -0.39 is 0 Å². The Morgan fingerprint density at radius 1 is 1.09 bits per heavy atom. The second-order valence-electron chi connectivity index (χ2n) is 7.87. The number of hydrogen-bond donors (Lipinski definition) is 1. The van der Waals surface area contributed by atoms with Gasteiger partial charge in [-0.2, -0.15) is 15.3 Å². The van der Waals surface area contributed by atoms with Gasteiger partial charge in [0.2, 0.25) is 0 Å². The summed E-state index contributed by atoms with van der Waals surface area (Å²) in [5, 5.41) is 16.2. The van der Waals surface area contributed by atoms with Crippen molar-refractivity contribution in [2.75, 3.05) is 5.32 Å². The van der Waals surface area contributed by atoms with E-state index in [1.165, 1.54) is 11.1 Å². The molecule has 9 heteroatoms. The predicted molar refractivity (Wildman–Crippen MR) is 125 cm³/mol. The molecule has 0 atom stereocenters. The Morgan fingerprint density at radius 2 is 1.94 bits per heavy atom. The number of nitrogens with one attached hydrogen (secondary N) is 1. The van der Waals surface area contributed by atoms with Crippen LogP contribution in [-0.4, -0.2) is 40.1 Å². The lowest BCUT2D eigenvalue weighted by molar-refractivity contribution is 0.102. The zero-order valence-corrected chi connectivity index (χ0v) is 18.7. The van der Waals surface area contributed by atoms with Crippen molar-refractivity contribution in [3.05, 3.63) is 83.6 Å². The smallest absolute Gasteiger partial charge is 0.277 e. The molecule has 5 aromatic rings. The third kappa shape index (κ3) is 3.89. The summed E-state index contributed by atoms with van der Waals surface area (Å²) in [7, 11) is 0. The fourth-order valence-electron chi connectivity index (χ4n) is 3.89. The number of benzene rings is 1. The Hall–Kier alpha value is -4.27. The highest BCUT2D eigenvalue weighted by Crippen LogP contribution is 2.23. The second kappa shape index (κ2) is 8.34. The lowest BCUT2D eigenvalue weighted by Gasteiger charge is -2.05. The van der Waals surface area contributed by atoms with E-state index in [4.69, 9.17) is 0 Å². The summed E-state index contributed by atoms with van der Waals surface area (Å²) in [6, 6.07) is 13.5. The first-order valence-electron chi connectivity index (χ1n) is 10.8. The van der Waals surface area contributed by atoms with Gasteiger partial charge < -0.3 is 5.32 Å². The molecule has 5 rings (SSSR count). The number of aryl methyl sites for hydroxylation is 2. The number of nitrogens with zero attached hydrogens (tertiary/aromatic N) is 7. The van der Waals surface area contributed by atoms with Crippen molar-refractivity contribution in [3.63, 3.8) is 0 Å². The Balaban J connectivity index is 1.38. The van der Waals surface area contributed by atoms with Crippen LogP contribution in [0.5, 0.6) is 0 Å². The molecule has 0 fully saturated rings. The van der Waals surface area contributed by atoms with Gasteiger partial charge in [0, 0.05) is 42.3 Å². The molecule has 0 aliphatic rings. The number of rotatable bonds is 6. The average molecular weight is 441 g/mol. The molecule has 33 heavy (non-hydrogen) atoms. The number of anilines is 1. The van der Waals surface area contributed by atoms with Crippen LogP contribution in [0, 0.1) is 13.8 Å². The summed E-state index contributed by atoms with van der Waals surface area (Å²) in [6.07, 6.45) is 5.37. The first kappa shape index (κ1) is 20.6. The van der Waals surface area contributed by atoms with Crippen LogP contribution in [0.25, 0.3) is 16.9 Å². The Morgan fingerprint density at radius 3 is 2.73 bits per heavy atom. The van der Waals surface area contributed by atoms with Gasteiger partial charge in [-0.05, 0) is 38.0 Å². The molecule has 4 aromatic heterocycles. The van der Waals surface area contributed by atoms with Crippen molar-refractivity contribution in [1.29, 1.82) is 0 Å². The summed E-state index contributed by atoms with van der Waals surface area (Å²) < 4.78 is 5.40. The lowest BCUT2D eigenvalue weighted by Crippen LogP contribution is -2.14. The first-order chi connectivity index (χ1) is 16.0. The van der Waals surface area contributed by atoms with E-state index in [9.17, 15) is 4.79 Å². The van der Waals surface area contributed by atoms with Crippen molar-refractivity contribution in [2.45, 2.75) is 33.9 Å². The highest BCUT2D eigenvalue weighted by atomic mass is 16.2. The predicted octanol–water partition coefficient (Wildman–Crippen LogP) is 3.73. The Kier molecular flexibility index (Phi) is 5.21. The van der Waals surface area contributed by atoms with E-state index in [0.717, 1.165) is 23.5 Å². The maximum absolute atomic E-state index is 12.9. The highest BCUT2D eigenvalue weighted by Gasteiger charge is 2.17. The van der Waals surface area contributed by atoms with Gasteiger partial charge in [-0.3, -0.25) is 14.2 Å². The molecule has 166 valence electrons. The number of fused-ring (bicyclic) bond motifs is 1. The van der Waals surface area contributed by atoms with Crippen molar-refractivity contribution >= 4 is 17.4 Å². The van der Waals surface area contributed by atoms with Crippen molar-refractivity contribution in [3.8, 4) is 11.3 Å². The van der Waals surface area contributed by atoms with Crippen molar-refractivity contribution in [1.82, 2.24) is 34.2 Å². The van der Waals surface area contributed by atoms with Crippen LogP contribution in [0.4, 0.5) is 5.82 Å². The minimum Gasteiger partial charge on any atom is -0.304 e. The molecule has 0 bridgehead atoms. The Bertz CT molecular complexity index is 1460. The number of amides is 1. The maximum atomic E-state index is 12.9.